The van der Waals surface area contributed by atoms with Crippen LogP contribution in [-0.2, 0) is 16.6 Å². The average Bonchev–Trinajstić information content (AvgIpc) is 2.83. The SMILES string of the molecule is Cc1ccc(F)cc1NS(=O)(=O)c1ccc(CO)s1. The molecule has 0 saturated carbocycles. The molecule has 0 aliphatic heterocycles. The van der Waals surface area contributed by atoms with E-state index in [-0.39, 0.29) is 16.5 Å². The van der Waals surface area contributed by atoms with Crippen molar-refractivity contribution in [1.82, 2.24) is 0 Å². The molecule has 4 nitrogen and oxygen atoms in total. The van der Waals surface area contributed by atoms with E-state index in [2.05, 4.69) is 4.72 Å². The lowest BCUT2D eigenvalue weighted by Crippen LogP contribution is -2.12. The van der Waals surface area contributed by atoms with E-state index in [1.807, 2.05) is 0 Å². The summed E-state index contributed by atoms with van der Waals surface area (Å²) in [6.07, 6.45) is 0. The Kier molecular flexibility index (Phi) is 3.88. The predicted molar refractivity (Wildman–Crippen MR) is 72.2 cm³/mol. The van der Waals surface area contributed by atoms with E-state index in [4.69, 9.17) is 5.11 Å². The first kappa shape index (κ1) is 14.0. The van der Waals surface area contributed by atoms with Crippen LogP contribution in [-0.4, -0.2) is 13.5 Å². The molecule has 7 heteroatoms. The predicted octanol–water partition coefficient (Wildman–Crippen LogP) is 2.49. The van der Waals surface area contributed by atoms with Crippen LogP contribution in [0.25, 0.3) is 0 Å². The summed E-state index contributed by atoms with van der Waals surface area (Å²) in [6.45, 7) is 1.48. The summed E-state index contributed by atoms with van der Waals surface area (Å²) < 4.78 is 39.7. The maximum absolute atomic E-state index is 13.1. The molecule has 1 heterocycles. The molecule has 0 saturated heterocycles. The fourth-order valence-corrected chi connectivity index (χ4v) is 3.82. The van der Waals surface area contributed by atoms with E-state index in [0.29, 0.717) is 10.4 Å². The van der Waals surface area contributed by atoms with Gasteiger partial charge in [0.15, 0.2) is 0 Å². The molecular weight excluding hydrogens is 289 g/mol. The van der Waals surface area contributed by atoms with Crippen LogP contribution in [0, 0.1) is 12.7 Å². The maximum Gasteiger partial charge on any atom is 0.271 e. The summed E-state index contributed by atoms with van der Waals surface area (Å²) >= 11 is 0.975. The fraction of sp³-hybridized carbons (Fsp3) is 0.167. The van der Waals surface area contributed by atoms with Gasteiger partial charge in [0.2, 0.25) is 0 Å². The molecule has 102 valence electrons. The lowest BCUT2D eigenvalue weighted by molar-refractivity contribution is 0.285. The van der Waals surface area contributed by atoms with Gasteiger partial charge in [0.1, 0.15) is 10.0 Å². The van der Waals surface area contributed by atoms with Gasteiger partial charge in [-0.1, -0.05) is 6.07 Å². The molecule has 0 amide bonds. The number of anilines is 1. The van der Waals surface area contributed by atoms with E-state index in [0.717, 1.165) is 17.4 Å². The maximum atomic E-state index is 13.1. The number of hydrogen-bond donors (Lipinski definition) is 2. The molecule has 0 aliphatic rings. The number of hydrogen-bond acceptors (Lipinski definition) is 4. The Morgan fingerprint density at radius 2 is 2.05 bits per heavy atom. The molecule has 1 aromatic carbocycles. The highest BCUT2D eigenvalue weighted by Crippen LogP contribution is 2.25. The lowest BCUT2D eigenvalue weighted by atomic mass is 10.2. The first-order valence-electron chi connectivity index (χ1n) is 5.41. The number of aliphatic hydroxyl groups excluding tert-OH is 1. The first-order chi connectivity index (χ1) is 8.92. The molecule has 0 spiro atoms. The van der Waals surface area contributed by atoms with Gasteiger partial charge in [-0.05, 0) is 36.8 Å². The number of nitrogens with one attached hydrogen (secondary N) is 1. The van der Waals surface area contributed by atoms with Gasteiger partial charge in [-0.2, -0.15) is 0 Å². The molecule has 0 bridgehead atoms. The van der Waals surface area contributed by atoms with Crippen molar-refractivity contribution in [1.29, 1.82) is 0 Å². The van der Waals surface area contributed by atoms with Gasteiger partial charge in [0.05, 0.1) is 12.3 Å². The number of thiophene rings is 1. The minimum Gasteiger partial charge on any atom is -0.391 e. The van der Waals surface area contributed by atoms with E-state index in [1.54, 1.807) is 6.92 Å². The number of halogens is 1. The monoisotopic (exact) mass is 301 g/mol. The molecule has 19 heavy (non-hydrogen) atoms. The molecule has 0 aliphatic carbocycles. The minimum atomic E-state index is -3.75. The normalized spacial score (nSPS) is 11.5. The second-order valence-corrected chi connectivity index (χ2v) is 7.02. The molecular formula is C12H12FNO3S2. The van der Waals surface area contributed by atoms with Crippen LogP contribution in [0.15, 0.2) is 34.5 Å². The fourth-order valence-electron chi connectivity index (χ4n) is 1.49. The van der Waals surface area contributed by atoms with Crippen LogP contribution < -0.4 is 4.72 Å². The zero-order valence-corrected chi connectivity index (χ0v) is 11.7. The molecule has 0 atom stereocenters. The number of aryl methyl sites for hydroxylation is 1. The van der Waals surface area contributed by atoms with E-state index < -0.39 is 15.8 Å². The Morgan fingerprint density at radius 3 is 2.68 bits per heavy atom. The second-order valence-electron chi connectivity index (χ2n) is 3.94. The molecule has 0 fully saturated rings. The molecule has 2 rings (SSSR count). The van der Waals surface area contributed by atoms with Crippen LogP contribution >= 0.6 is 11.3 Å². The van der Waals surface area contributed by atoms with E-state index in [1.165, 1.54) is 24.3 Å². The molecule has 2 aromatic rings. The summed E-state index contributed by atoms with van der Waals surface area (Å²) in [4.78, 5) is 0.552. The first-order valence-corrected chi connectivity index (χ1v) is 7.71. The standard InChI is InChI=1S/C12H12FNO3S2/c1-8-2-3-9(13)6-11(8)14-19(16,17)12-5-4-10(7-15)18-12/h2-6,14-15H,7H2,1H3. The Morgan fingerprint density at radius 1 is 1.32 bits per heavy atom. The van der Waals surface area contributed by atoms with Crippen LogP contribution in [0.4, 0.5) is 10.1 Å². The van der Waals surface area contributed by atoms with Crippen molar-refractivity contribution in [2.24, 2.45) is 0 Å². The average molecular weight is 301 g/mol. The Labute approximate surface area is 114 Å². The third kappa shape index (κ3) is 3.12. The quantitative estimate of drug-likeness (QED) is 0.912. The van der Waals surface area contributed by atoms with Crippen molar-refractivity contribution in [2.75, 3.05) is 4.72 Å². The number of rotatable bonds is 4. The van der Waals surface area contributed by atoms with Gasteiger partial charge in [0.25, 0.3) is 10.0 Å². The van der Waals surface area contributed by atoms with Gasteiger partial charge in [-0.25, -0.2) is 12.8 Å². The van der Waals surface area contributed by atoms with Crippen molar-refractivity contribution in [2.45, 2.75) is 17.7 Å². The zero-order chi connectivity index (χ0) is 14.0. The largest absolute Gasteiger partial charge is 0.391 e. The van der Waals surface area contributed by atoms with Crippen LogP contribution in [0.5, 0.6) is 0 Å². The summed E-state index contributed by atoms with van der Waals surface area (Å²) in [5.74, 6) is -0.509. The van der Waals surface area contributed by atoms with Gasteiger partial charge in [0, 0.05) is 4.88 Å². The van der Waals surface area contributed by atoms with Gasteiger partial charge in [-0.15, -0.1) is 11.3 Å². The third-order valence-corrected chi connectivity index (χ3v) is 5.43. The molecule has 0 radical (unpaired) electrons. The smallest absolute Gasteiger partial charge is 0.271 e. The lowest BCUT2D eigenvalue weighted by Gasteiger charge is -2.09. The Balaban J connectivity index is 2.33. The van der Waals surface area contributed by atoms with Crippen LogP contribution in [0.2, 0.25) is 0 Å². The van der Waals surface area contributed by atoms with Crippen molar-refractivity contribution >= 4 is 27.0 Å². The molecule has 2 N–H and O–H groups in total. The summed E-state index contributed by atoms with van der Waals surface area (Å²) in [5, 5.41) is 8.93. The highest BCUT2D eigenvalue weighted by atomic mass is 32.2. The number of benzene rings is 1. The van der Waals surface area contributed by atoms with Crippen molar-refractivity contribution in [3.05, 3.63) is 46.6 Å². The van der Waals surface area contributed by atoms with Gasteiger partial charge < -0.3 is 5.11 Å². The van der Waals surface area contributed by atoms with Crippen LogP contribution in [0.3, 0.4) is 0 Å². The Hall–Kier alpha value is -1.44. The number of aliphatic hydroxyl groups is 1. The summed E-state index contributed by atoms with van der Waals surface area (Å²) in [6, 6.07) is 6.85. The van der Waals surface area contributed by atoms with Crippen molar-refractivity contribution < 1.29 is 17.9 Å². The number of sulfonamides is 1. The van der Waals surface area contributed by atoms with Crippen molar-refractivity contribution in [3.63, 3.8) is 0 Å². The highest BCUT2D eigenvalue weighted by molar-refractivity contribution is 7.94. The van der Waals surface area contributed by atoms with Crippen LogP contribution in [0.1, 0.15) is 10.4 Å². The summed E-state index contributed by atoms with van der Waals surface area (Å²) in [7, 11) is -3.75. The van der Waals surface area contributed by atoms with Gasteiger partial charge in [-0.3, -0.25) is 4.72 Å². The molecule has 0 unspecified atom stereocenters. The zero-order valence-electron chi connectivity index (χ0n) is 10.1. The topological polar surface area (TPSA) is 66.4 Å². The molecule has 1 aromatic heterocycles. The van der Waals surface area contributed by atoms with E-state index in [9.17, 15) is 12.8 Å². The van der Waals surface area contributed by atoms with E-state index >= 15 is 0 Å². The Bertz CT molecular complexity index is 695. The summed E-state index contributed by atoms with van der Waals surface area (Å²) in [5.41, 5.74) is 0.836. The second kappa shape index (κ2) is 5.28. The van der Waals surface area contributed by atoms with Gasteiger partial charge >= 0.3 is 0 Å². The highest BCUT2D eigenvalue weighted by Gasteiger charge is 2.18. The third-order valence-electron chi connectivity index (χ3n) is 2.50. The minimum absolute atomic E-state index is 0.0835. The van der Waals surface area contributed by atoms with Crippen molar-refractivity contribution in [3.8, 4) is 0 Å².